The van der Waals surface area contributed by atoms with E-state index in [9.17, 15) is 9.59 Å². The van der Waals surface area contributed by atoms with Crippen LogP contribution in [0.25, 0.3) is 0 Å². The molecule has 0 fully saturated rings. The van der Waals surface area contributed by atoms with Gasteiger partial charge in [-0.2, -0.15) is 0 Å². The van der Waals surface area contributed by atoms with Crippen LogP contribution in [-0.4, -0.2) is 28.1 Å². The van der Waals surface area contributed by atoms with E-state index in [1.165, 1.54) is 0 Å². The molecule has 0 unspecified atom stereocenters. The molecule has 1 aromatic rings. The highest BCUT2D eigenvalue weighted by Crippen LogP contribution is 2.19. The first kappa shape index (κ1) is 22.2. The van der Waals surface area contributed by atoms with E-state index in [0.29, 0.717) is 23.8 Å². The van der Waals surface area contributed by atoms with Crippen LogP contribution in [0.2, 0.25) is 0 Å². The number of hydrogen-bond donors (Lipinski definition) is 2. The fourth-order valence-corrected chi connectivity index (χ4v) is 2.03. The highest BCUT2D eigenvalue weighted by molar-refractivity contribution is 6.54. The van der Waals surface area contributed by atoms with Crippen molar-refractivity contribution in [2.24, 2.45) is 5.92 Å². The van der Waals surface area contributed by atoms with E-state index < -0.39 is 27.7 Å². The molecule has 0 atom stereocenters. The second-order valence-corrected chi connectivity index (χ2v) is 7.84. The maximum atomic E-state index is 11.7. The first-order valence-corrected chi connectivity index (χ1v) is 9.35. The van der Waals surface area contributed by atoms with Gasteiger partial charge in [-0.05, 0) is 30.0 Å². The summed E-state index contributed by atoms with van der Waals surface area (Å²) in [5.74, 6) is -0.0914. The molecule has 0 radical (unpaired) electrons. The molecule has 9 heteroatoms. The van der Waals surface area contributed by atoms with Crippen molar-refractivity contribution in [2.75, 3.05) is 6.61 Å². The minimum atomic E-state index is -1.28. The van der Waals surface area contributed by atoms with Crippen LogP contribution in [0.1, 0.15) is 32.0 Å². The highest BCUT2D eigenvalue weighted by Gasteiger charge is 2.22. The summed E-state index contributed by atoms with van der Waals surface area (Å²) in [6.07, 6.45) is 0.0561. The van der Waals surface area contributed by atoms with Gasteiger partial charge in [-0.1, -0.05) is 72.4 Å². The Morgan fingerprint density at radius 3 is 1.84 bits per heavy atom. The van der Waals surface area contributed by atoms with Crippen molar-refractivity contribution >= 4 is 58.2 Å². The average Bonchev–Trinajstić information content (AvgIpc) is 2.54. The van der Waals surface area contributed by atoms with Crippen LogP contribution in [0.5, 0.6) is 5.75 Å². The smallest absolute Gasteiger partial charge is 0.255 e. The zero-order valence-electron chi connectivity index (χ0n) is 13.8. The second kappa shape index (κ2) is 11.0. The Bertz CT molecular complexity index is 543. The van der Waals surface area contributed by atoms with Gasteiger partial charge in [0.05, 0.1) is 6.61 Å². The molecule has 140 valence electrons. The molecule has 0 aliphatic rings. The molecule has 1 aromatic carbocycles. The van der Waals surface area contributed by atoms with Crippen molar-refractivity contribution < 1.29 is 14.3 Å². The predicted molar refractivity (Wildman–Crippen MR) is 101 cm³/mol. The van der Waals surface area contributed by atoms with Crippen LogP contribution < -0.4 is 15.4 Å². The Morgan fingerprint density at radius 2 is 1.44 bits per heavy atom. The third-order valence-electron chi connectivity index (χ3n) is 3.15. The molecule has 25 heavy (non-hydrogen) atoms. The summed E-state index contributed by atoms with van der Waals surface area (Å²) in [7, 11) is 0. The predicted octanol–water partition coefficient (Wildman–Crippen LogP) is 3.95. The van der Waals surface area contributed by atoms with Gasteiger partial charge in [0, 0.05) is 0 Å². The van der Waals surface area contributed by atoms with Crippen molar-refractivity contribution in [3.63, 3.8) is 0 Å². The topological polar surface area (TPSA) is 67.4 Å². The van der Waals surface area contributed by atoms with Crippen molar-refractivity contribution in [3.05, 3.63) is 29.8 Å². The Kier molecular flexibility index (Phi) is 9.72. The van der Waals surface area contributed by atoms with Gasteiger partial charge in [0.1, 0.15) is 11.9 Å². The van der Waals surface area contributed by atoms with E-state index in [1.807, 2.05) is 0 Å². The summed E-state index contributed by atoms with van der Waals surface area (Å²) in [5, 5.41) is 5.01. The van der Waals surface area contributed by atoms with Crippen molar-refractivity contribution in [1.29, 1.82) is 0 Å². The lowest BCUT2D eigenvalue weighted by Crippen LogP contribution is -2.44. The molecule has 5 nitrogen and oxygen atoms in total. The minimum absolute atomic E-state index is 0.548. The lowest BCUT2D eigenvalue weighted by Gasteiger charge is -2.21. The summed E-state index contributed by atoms with van der Waals surface area (Å²) >= 11 is 22.1. The number of carbonyl (C=O) groups excluding carboxylic acids is 2. The number of ether oxygens (including phenoxy) is 1. The van der Waals surface area contributed by atoms with E-state index in [2.05, 4.69) is 24.5 Å². The molecule has 2 N–H and O–H groups in total. The van der Waals surface area contributed by atoms with Gasteiger partial charge in [0.15, 0.2) is 9.67 Å². The Labute approximate surface area is 167 Å². The lowest BCUT2D eigenvalue weighted by molar-refractivity contribution is -0.122. The summed E-state index contributed by atoms with van der Waals surface area (Å²) < 4.78 is 5.63. The number of halogens is 4. The van der Waals surface area contributed by atoms with E-state index in [4.69, 9.17) is 51.1 Å². The van der Waals surface area contributed by atoms with E-state index in [1.54, 1.807) is 24.3 Å². The summed E-state index contributed by atoms with van der Waals surface area (Å²) in [6, 6.07) is 6.87. The highest BCUT2D eigenvalue weighted by atomic mass is 35.5. The van der Waals surface area contributed by atoms with Crippen molar-refractivity contribution in [3.8, 4) is 5.75 Å². The third-order valence-corrected chi connectivity index (χ3v) is 3.94. The van der Waals surface area contributed by atoms with Crippen LogP contribution in [-0.2, 0) is 9.59 Å². The first-order valence-electron chi connectivity index (χ1n) is 7.60. The molecule has 0 heterocycles. The van der Waals surface area contributed by atoms with E-state index in [0.717, 1.165) is 6.42 Å². The molecule has 0 aliphatic carbocycles. The number of alkyl halides is 4. The standard InChI is InChI=1S/C16H20Cl4N2O3/c1-9(2)7-8-25-11-5-3-10(4-6-11)14(21-15(23)12(17)18)22-16(24)13(19)20/h3-6,9,12-14H,7-8H2,1-2H3,(H,21,23)(H,22,24). The number of nitrogens with one attached hydrogen (secondary N) is 2. The zero-order chi connectivity index (χ0) is 19.0. The fraction of sp³-hybridized carbons (Fsp3) is 0.500. The lowest BCUT2D eigenvalue weighted by atomic mass is 10.1. The van der Waals surface area contributed by atoms with Crippen LogP contribution in [0.4, 0.5) is 0 Å². The SMILES string of the molecule is CC(C)CCOc1ccc(C(NC(=O)C(Cl)Cl)NC(=O)C(Cl)Cl)cc1. The molecule has 0 saturated carbocycles. The monoisotopic (exact) mass is 428 g/mol. The van der Waals surface area contributed by atoms with E-state index in [-0.39, 0.29) is 0 Å². The maximum Gasteiger partial charge on any atom is 0.255 e. The molecular formula is C16H20Cl4N2O3. The number of carbonyl (C=O) groups is 2. The molecule has 0 spiro atoms. The third kappa shape index (κ3) is 8.36. The van der Waals surface area contributed by atoms with Gasteiger partial charge in [-0.3, -0.25) is 9.59 Å². The molecule has 0 aliphatic heterocycles. The summed E-state index contributed by atoms with van der Waals surface area (Å²) in [4.78, 5) is 20.9. The fourth-order valence-electron chi connectivity index (χ4n) is 1.78. The van der Waals surface area contributed by atoms with Crippen molar-refractivity contribution in [1.82, 2.24) is 10.6 Å². The molecule has 0 aromatic heterocycles. The molecule has 0 bridgehead atoms. The number of hydrogen-bond acceptors (Lipinski definition) is 3. The molecule has 1 rings (SSSR count). The van der Waals surface area contributed by atoms with Crippen LogP contribution in [0.15, 0.2) is 24.3 Å². The summed E-state index contributed by atoms with van der Waals surface area (Å²) in [5.41, 5.74) is 0.584. The Balaban J connectivity index is 2.82. The Morgan fingerprint density at radius 1 is 0.960 bits per heavy atom. The number of benzene rings is 1. The van der Waals surface area contributed by atoms with Crippen LogP contribution in [0, 0.1) is 5.92 Å². The van der Waals surface area contributed by atoms with Crippen LogP contribution in [0.3, 0.4) is 0 Å². The molecule has 0 saturated heterocycles. The van der Waals surface area contributed by atoms with Crippen LogP contribution >= 0.6 is 46.4 Å². The van der Waals surface area contributed by atoms with Gasteiger partial charge in [0.2, 0.25) is 0 Å². The maximum absolute atomic E-state index is 11.7. The average molecular weight is 430 g/mol. The zero-order valence-corrected chi connectivity index (χ0v) is 16.8. The largest absolute Gasteiger partial charge is 0.494 e. The van der Waals surface area contributed by atoms with Crippen molar-refractivity contribution in [2.45, 2.75) is 36.1 Å². The van der Waals surface area contributed by atoms with Gasteiger partial charge >= 0.3 is 0 Å². The first-order chi connectivity index (χ1) is 11.7. The summed E-state index contributed by atoms with van der Waals surface area (Å²) in [6.45, 7) is 4.84. The molecule has 2 amide bonds. The minimum Gasteiger partial charge on any atom is -0.494 e. The quantitative estimate of drug-likeness (QED) is 0.461. The second-order valence-electron chi connectivity index (χ2n) is 5.65. The van der Waals surface area contributed by atoms with Gasteiger partial charge < -0.3 is 15.4 Å². The number of amides is 2. The molecular weight excluding hydrogens is 410 g/mol. The van der Waals surface area contributed by atoms with Gasteiger partial charge in [-0.15, -0.1) is 0 Å². The normalized spacial score (nSPS) is 11.3. The van der Waals surface area contributed by atoms with Gasteiger partial charge in [0.25, 0.3) is 11.8 Å². The Hall–Kier alpha value is -0.880. The van der Waals surface area contributed by atoms with E-state index >= 15 is 0 Å². The van der Waals surface area contributed by atoms with Gasteiger partial charge in [-0.25, -0.2) is 0 Å². The number of rotatable bonds is 9.